The number of hydrogen-bond acceptors (Lipinski definition) is 7. The molecule has 0 amide bonds. The van der Waals surface area contributed by atoms with Gasteiger partial charge in [-0.25, -0.2) is 0 Å². The first-order valence-electron chi connectivity index (χ1n) is 4.87. The molecule has 0 aliphatic carbocycles. The summed E-state index contributed by atoms with van der Waals surface area (Å²) in [5.41, 5.74) is 0. The largest absolute Gasteiger partial charge is 0.510 e. The zero-order valence-corrected chi connectivity index (χ0v) is 8.69. The van der Waals surface area contributed by atoms with Crippen LogP contribution in [0.25, 0.3) is 0 Å². The molecule has 1 saturated heterocycles. The first-order chi connectivity index (χ1) is 7.31. The normalized spacial score (nSPS) is 39.8. The summed E-state index contributed by atoms with van der Waals surface area (Å²) in [6.45, 7) is 1.71. The highest BCUT2D eigenvalue weighted by Crippen LogP contribution is 2.29. The minimum absolute atomic E-state index is 0.431. The Bertz CT molecular complexity index is 275. The molecule has 1 fully saturated rings. The Hall–Kier alpha value is -0.700. The Labute approximate surface area is 91.8 Å². The van der Waals surface area contributed by atoms with E-state index in [0.29, 0.717) is 6.42 Å². The van der Waals surface area contributed by atoms with Crippen LogP contribution in [0, 0.1) is 0 Å². The summed E-state index contributed by atoms with van der Waals surface area (Å²) in [5.74, 6) is -3.45. The minimum Gasteiger partial charge on any atom is -0.510 e. The molecule has 0 unspecified atom stereocenters. The average Bonchev–Trinajstić information content (AvgIpc) is 2.21. The van der Waals surface area contributed by atoms with Gasteiger partial charge in [-0.1, -0.05) is 6.92 Å². The molecule has 0 aromatic carbocycles. The van der Waals surface area contributed by atoms with Crippen molar-refractivity contribution in [2.45, 2.75) is 43.7 Å². The average molecular weight is 236 g/mol. The van der Waals surface area contributed by atoms with E-state index in [-0.39, 0.29) is 0 Å². The van der Waals surface area contributed by atoms with Gasteiger partial charge >= 0.3 is 5.97 Å². The van der Waals surface area contributed by atoms with Gasteiger partial charge in [0.15, 0.2) is 6.10 Å². The van der Waals surface area contributed by atoms with Crippen LogP contribution in [-0.4, -0.2) is 61.0 Å². The van der Waals surface area contributed by atoms with Gasteiger partial charge in [-0.15, -0.1) is 0 Å². The summed E-state index contributed by atoms with van der Waals surface area (Å²) in [6, 6.07) is 0. The minimum atomic E-state index is -3.02. The highest BCUT2D eigenvalue weighted by Gasteiger charge is 2.53. The fraction of sp³-hybridized carbons (Fsp3) is 0.778. The molecule has 7 nitrogen and oxygen atoms in total. The van der Waals surface area contributed by atoms with E-state index in [9.17, 15) is 25.5 Å². The smallest absolute Gasteiger partial charge is 0.309 e. The van der Waals surface area contributed by atoms with Gasteiger partial charge in [0.1, 0.15) is 24.1 Å². The van der Waals surface area contributed by atoms with Gasteiger partial charge in [-0.05, 0) is 12.5 Å². The number of aliphatic hydroxyl groups excluding tert-OH is 4. The van der Waals surface area contributed by atoms with E-state index in [2.05, 4.69) is 4.74 Å². The van der Waals surface area contributed by atoms with Crippen LogP contribution in [0.15, 0.2) is 11.8 Å². The summed E-state index contributed by atoms with van der Waals surface area (Å²) < 4.78 is 4.52. The zero-order chi connectivity index (χ0) is 12.5. The quantitative estimate of drug-likeness (QED) is 0.240. The van der Waals surface area contributed by atoms with E-state index < -0.39 is 36.1 Å². The van der Waals surface area contributed by atoms with Crippen molar-refractivity contribution in [3.8, 4) is 0 Å². The number of ether oxygens (including phenoxy) is 1. The Morgan fingerprint density at radius 2 is 1.81 bits per heavy atom. The molecule has 1 aliphatic rings. The van der Waals surface area contributed by atoms with Gasteiger partial charge in [0, 0.05) is 0 Å². The van der Waals surface area contributed by atoms with Gasteiger partial charge in [0.05, 0.1) is 0 Å². The predicted molar refractivity (Wildman–Crippen MR) is 51.1 cm³/mol. The summed E-state index contributed by atoms with van der Waals surface area (Å²) in [7, 11) is 0. The van der Waals surface area contributed by atoms with Crippen LogP contribution < -0.4 is 0 Å². The van der Waals surface area contributed by atoms with Crippen molar-refractivity contribution < 1.29 is 35.4 Å². The summed E-state index contributed by atoms with van der Waals surface area (Å²) in [6.07, 6.45) is -5.33. The number of aliphatic hydroxyl groups is 6. The molecule has 1 heterocycles. The van der Waals surface area contributed by atoms with Crippen LogP contribution in [0.5, 0.6) is 0 Å². The lowest BCUT2D eigenvalue weighted by atomic mass is 9.96. The molecule has 0 radical (unpaired) electrons. The maximum absolute atomic E-state index is 9.48. The SMILES string of the molecule is CC/C=C(\O)[C@@H]1OC(O)(O)[C@H](O)[C@@H](O)[C@@H]1O. The molecule has 94 valence electrons. The molecule has 0 spiro atoms. The van der Waals surface area contributed by atoms with Crippen molar-refractivity contribution in [3.63, 3.8) is 0 Å². The third kappa shape index (κ3) is 2.34. The topological polar surface area (TPSA) is 131 Å². The molecular weight excluding hydrogens is 220 g/mol. The third-order valence-corrected chi connectivity index (χ3v) is 2.37. The fourth-order valence-electron chi connectivity index (χ4n) is 1.48. The van der Waals surface area contributed by atoms with Crippen LogP contribution in [0.1, 0.15) is 13.3 Å². The summed E-state index contributed by atoms with van der Waals surface area (Å²) in [4.78, 5) is 0. The van der Waals surface area contributed by atoms with Gasteiger partial charge in [-0.2, -0.15) is 0 Å². The Morgan fingerprint density at radius 1 is 1.25 bits per heavy atom. The number of allylic oxidation sites excluding steroid dienone is 1. The molecule has 0 aromatic heterocycles. The Morgan fingerprint density at radius 3 is 2.31 bits per heavy atom. The second kappa shape index (κ2) is 4.66. The predicted octanol–water partition coefficient (Wildman–Crippen LogP) is -2.04. The molecule has 6 N–H and O–H groups in total. The van der Waals surface area contributed by atoms with Crippen molar-refractivity contribution in [2.75, 3.05) is 0 Å². The lowest BCUT2D eigenvalue weighted by molar-refractivity contribution is -0.430. The Kier molecular flexibility index (Phi) is 3.89. The molecule has 16 heavy (non-hydrogen) atoms. The van der Waals surface area contributed by atoms with Gasteiger partial charge in [-0.3, -0.25) is 0 Å². The van der Waals surface area contributed by atoms with Crippen LogP contribution in [-0.2, 0) is 4.74 Å². The van der Waals surface area contributed by atoms with Gasteiger partial charge < -0.3 is 35.4 Å². The van der Waals surface area contributed by atoms with E-state index in [1.165, 1.54) is 6.08 Å². The molecule has 0 aromatic rings. The monoisotopic (exact) mass is 236 g/mol. The van der Waals surface area contributed by atoms with Crippen molar-refractivity contribution in [1.82, 2.24) is 0 Å². The maximum atomic E-state index is 9.48. The van der Waals surface area contributed by atoms with Crippen LogP contribution in [0.2, 0.25) is 0 Å². The molecule has 0 saturated carbocycles. The molecular formula is C9H16O7. The summed E-state index contributed by atoms with van der Waals surface area (Å²) >= 11 is 0. The first kappa shape index (κ1) is 13.4. The Balaban J connectivity index is 2.92. The van der Waals surface area contributed by atoms with Crippen LogP contribution in [0.3, 0.4) is 0 Å². The molecule has 1 aliphatic heterocycles. The summed E-state index contributed by atoms with van der Waals surface area (Å²) in [5, 5.41) is 55.8. The highest BCUT2D eigenvalue weighted by atomic mass is 16.8. The molecule has 0 bridgehead atoms. The van der Waals surface area contributed by atoms with Crippen molar-refractivity contribution in [2.24, 2.45) is 0 Å². The molecule has 1 rings (SSSR count). The molecule has 4 atom stereocenters. The van der Waals surface area contributed by atoms with Gasteiger partial charge in [0.2, 0.25) is 0 Å². The molecule has 7 heteroatoms. The second-order valence-corrected chi connectivity index (χ2v) is 3.66. The number of rotatable bonds is 2. The van der Waals surface area contributed by atoms with Crippen molar-refractivity contribution >= 4 is 0 Å². The standard InChI is InChI=1S/C9H16O7/c1-2-3-4(10)7-5(11)6(12)8(13)9(14,15)16-7/h3,5-8,10-15H,2H2,1H3/b4-3-/t5-,6-,7-,8+/m0/s1. The van der Waals surface area contributed by atoms with Crippen molar-refractivity contribution in [1.29, 1.82) is 0 Å². The lowest BCUT2D eigenvalue weighted by Gasteiger charge is -2.42. The van der Waals surface area contributed by atoms with Gasteiger partial charge in [0.25, 0.3) is 0 Å². The maximum Gasteiger partial charge on any atom is 0.309 e. The van der Waals surface area contributed by atoms with Crippen LogP contribution >= 0.6 is 0 Å². The highest BCUT2D eigenvalue weighted by molar-refractivity contribution is 5.07. The van der Waals surface area contributed by atoms with Crippen molar-refractivity contribution in [3.05, 3.63) is 11.8 Å². The lowest BCUT2D eigenvalue weighted by Crippen LogP contribution is -2.64. The third-order valence-electron chi connectivity index (χ3n) is 2.37. The van der Waals surface area contributed by atoms with E-state index in [1.807, 2.05) is 0 Å². The number of hydrogen-bond donors (Lipinski definition) is 6. The first-order valence-corrected chi connectivity index (χ1v) is 4.87. The van der Waals surface area contributed by atoms with E-state index in [4.69, 9.17) is 5.11 Å². The van der Waals surface area contributed by atoms with E-state index in [0.717, 1.165) is 0 Å². The van der Waals surface area contributed by atoms with Crippen LogP contribution in [0.4, 0.5) is 0 Å². The fourth-order valence-corrected chi connectivity index (χ4v) is 1.48. The van der Waals surface area contributed by atoms with E-state index in [1.54, 1.807) is 6.92 Å². The second-order valence-electron chi connectivity index (χ2n) is 3.66. The van der Waals surface area contributed by atoms with E-state index >= 15 is 0 Å². The zero-order valence-electron chi connectivity index (χ0n) is 8.69.